The van der Waals surface area contributed by atoms with Gasteiger partial charge in [-0.25, -0.2) is 0 Å². The van der Waals surface area contributed by atoms with Gasteiger partial charge in [0.1, 0.15) is 0 Å². The average molecular weight is 287 g/mol. The van der Waals surface area contributed by atoms with Crippen molar-refractivity contribution in [3.63, 3.8) is 0 Å². The molecule has 0 bridgehead atoms. The molecule has 2 aromatic rings. The molecule has 1 aromatic heterocycles. The Kier molecular flexibility index (Phi) is 5.33. The van der Waals surface area contributed by atoms with E-state index in [9.17, 15) is 0 Å². The van der Waals surface area contributed by atoms with E-state index in [4.69, 9.17) is 0 Å². The lowest BCUT2D eigenvalue weighted by atomic mass is 10.2. The van der Waals surface area contributed by atoms with Crippen molar-refractivity contribution in [2.45, 2.75) is 39.9 Å². The van der Waals surface area contributed by atoms with Gasteiger partial charge in [-0.1, -0.05) is 36.8 Å². The van der Waals surface area contributed by atoms with Crippen LogP contribution in [0, 0.1) is 6.92 Å². The first kappa shape index (κ1) is 15.5. The SMILES string of the molecule is Cc1ccc(N(C)CCn2cc(CNC(C)C)nn2)cc1. The Morgan fingerprint density at radius 3 is 2.62 bits per heavy atom. The summed E-state index contributed by atoms with van der Waals surface area (Å²) in [7, 11) is 2.10. The predicted octanol–water partition coefficient (Wildman–Crippen LogP) is 2.22. The minimum atomic E-state index is 0.461. The van der Waals surface area contributed by atoms with Gasteiger partial charge < -0.3 is 10.2 Å². The molecule has 0 saturated carbocycles. The first-order valence-corrected chi connectivity index (χ1v) is 7.45. The highest BCUT2D eigenvalue weighted by molar-refractivity contribution is 5.46. The van der Waals surface area contributed by atoms with Crippen molar-refractivity contribution in [3.8, 4) is 0 Å². The summed E-state index contributed by atoms with van der Waals surface area (Å²) in [5.74, 6) is 0. The highest BCUT2D eigenvalue weighted by Crippen LogP contribution is 2.13. The number of nitrogens with zero attached hydrogens (tertiary/aromatic N) is 4. The highest BCUT2D eigenvalue weighted by Gasteiger charge is 2.04. The van der Waals surface area contributed by atoms with E-state index in [1.54, 1.807) is 0 Å². The number of benzene rings is 1. The number of likely N-dealkylation sites (N-methyl/N-ethyl adjacent to an activating group) is 1. The molecule has 0 spiro atoms. The molecule has 0 saturated heterocycles. The van der Waals surface area contributed by atoms with Crippen LogP contribution in [0.15, 0.2) is 30.5 Å². The van der Waals surface area contributed by atoms with Crippen molar-refractivity contribution in [3.05, 3.63) is 41.7 Å². The Bertz CT molecular complexity index is 544. The number of hydrogen-bond acceptors (Lipinski definition) is 4. The van der Waals surface area contributed by atoms with E-state index in [1.165, 1.54) is 11.3 Å². The van der Waals surface area contributed by atoms with Crippen molar-refractivity contribution >= 4 is 5.69 Å². The minimum absolute atomic E-state index is 0.461. The quantitative estimate of drug-likeness (QED) is 0.848. The number of aromatic nitrogens is 3. The van der Waals surface area contributed by atoms with Crippen LogP contribution in [-0.2, 0) is 13.1 Å². The van der Waals surface area contributed by atoms with Gasteiger partial charge in [0.2, 0.25) is 0 Å². The molecule has 0 fully saturated rings. The van der Waals surface area contributed by atoms with Gasteiger partial charge >= 0.3 is 0 Å². The first-order chi connectivity index (χ1) is 10.0. The van der Waals surface area contributed by atoms with Crippen LogP contribution in [0.4, 0.5) is 5.69 Å². The van der Waals surface area contributed by atoms with Gasteiger partial charge in [-0.15, -0.1) is 5.10 Å². The molecule has 5 nitrogen and oxygen atoms in total. The fourth-order valence-corrected chi connectivity index (χ4v) is 2.02. The third-order valence-corrected chi connectivity index (χ3v) is 3.42. The molecule has 2 rings (SSSR count). The van der Waals surface area contributed by atoms with E-state index in [1.807, 2.05) is 10.9 Å². The Balaban J connectivity index is 1.83. The van der Waals surface area contributed by atoms with Gasteiger partial charge in [-0.3, -0.25) is 4.68 Å². The molecule has 0 aliphatic carbocycles. The van der Waals surface area contributed by atoms with Crippen molar-refractivity contribution < 1.29 is 0 Å². The zero-order chi connectivity index (χ0) is 15.2. The van der Waals surface area contributed by atoms with Crippen LogP contribution in [0.25, 0.3) is 0 Å². The number of rotatable bonds is 7. The van der Waals surface area contributed by atoms with E-state index in [-0.39, 0.29) is 0 Å². The lowest BCUT2D eigenvalue weighted by Gasteiger charge is -2.19. The minimum Gasteiger partial charge on any atom is -0.373 e. The summed E-state index contributed by atoms with van der Waals surface area (Å²) < 4.78 is 1.90. The predicted molar refractivity (Wildman–Crippen MR) is 86.4 cm³/mol. The van der Waals surface area contributed by atoms with Crippen LogP contribution in [-0.4, -0.2) is 34.6 Å². The van der Waals surface area contributed by atoms with Gasteiger partial charge in [-0.2, -0.15) is 0 Å². The molecule has 21 heavy (non-hydrogen) atoms. The molecule has 0 aliphatic heterocycles. The third kappa shape index (κ3) is 4.86. The standard InChI is InChI=1S/C16H25N5/c1-13(2)17-11-15-12-21(19-18-15)10-9-20(4)16-7-5-14(3)6-8-16/h5-8,12-13,17H,9-11H2,1-4H3. The van der Waals surface area contributed by atoms with Crippen molar-refractivity contribution in [1.82, 2.24) is 20.3 Å². The summed E-state index contributed by atoms with van der Waals surface area (Å²) in [6.07, 6.45) is 2.01. The van der Waals surface area contributed by atoms with Crippen LogP contribution >= 0.6 is 0 Å². The van der Waals surface area contributed by atoms with Crippen molar-refractivity contribution in [2.24, 2.45) is 0 Å². The number of aryl methyl sites for hydroxylation is 1. The Morgan fingerprint density at radius 1 is 1.24 bits per heavy atom. The number of anilines is 1. The van der Waals surface area contributed by atoms with Crippen LogP contribution in [0.2, 0.25) is 0 Å². The summed E-state index contributed by atoms with van der Waals surface area (Å²) in [5, 5.41) is 11.7. The van der Waals surface area contributed by atoms with Gasteiger partial charge in [0, 0.05) is 38.1 Å². The van der Waals surface area contributed by atoms with E-state index in [0.717, 1.165) is 25.3 Å². The Labute approximate surface area is 127 Å². The van der Waals surface area contributed by atoms with Crippen LogP contribution in [0.3, 0.4) is 0 Å². The summed E-state index contributed by atoms with van der Waals surface area (Å²) in [6, 6.07) is 9.03. The molecule has 0 radical (unpaired) electrons. The highest BCUT2D eigenvalue weighted by atomic mass is 15.4. The van der Waals surface area contributed by atoms with Crippen molar-refractivity contribution in [2.75, 3.05) is 18.5 Å². The average Bonchev–Trinajstić information content (AvgIpc) is 2.91. The van der Waals surface area contributed by atoms with E-state index < -0.39 is 0 Å². The van der Waals surface area contributed by atoms with Crippen LogP contribution < -0.4 is 10.2 Å². The first-order valence-electron chi connectivity index (χ1n) is 7.45. The monoisotopic (exact) mass is 287 g/mol. The second-order valence-corrected chi connectivity index (χ2v) is 5.77. The molecule has 114 valence electrons. The molecular weight excluding hydrogens is 262 g/mol. The second kappa shape index (κ2) is 7.22. The smallest absolute Gasteiger partial charge is 0.0964 e. The number of nitrogens with one attached hydrogen (secondary N) is 1. The molecule has 0 atom stereocenters. The summed E-state index contributed by atoms with van der Waals surface area (Å²) in [5.41, 5.74) is 3.50. The number of hydrogen-bond donors (Lipinski definition) is 1. The lowest BCUT2D eigenvalue weighted by Crippen LogP contribution is -2.23. The molecule has 0 aliphatic rings. The summed E-state index contributed by atoms with van der Waals surface area (Å²) in [6.45, 7) is 8.86. The maximum absolute atomic E-state index is 4.18. The van der Waals surface area contributed by atoms with Crippen LogP contribution in [0.1, 0.15) is 25.1 Å². The van der Waals surface area contributed by atoms with Gasteiger partial charge in [0.05, 0.1) is 12.2 Å². The molecule has 0 unspecified atom stereocenters. The fourth-order valence-electron chi connectivity index (χ4n) is 2.02. The fraction of sp³-hybridized carbons (Fsp3) is 0.500. The van der Waals surface area contributed by atoms with Gasteiger partial charge in [0.25, 0.3) is 0 Å². The summed E-state index contributed by atoms with van der Waals surface area (Å²) in [4.78, 5) is 2.23. The van der Waals surface area contributed by atoms with Gasteiger partial charge in [-0.05, 0) is 19.1 Å². The molecule has 5 heteroatoms. The zero-order valence-corrected chi connectivity index (χ0v) is 13.4. The van der Waals surface area contributed by atoms with Crippen LogP contribution in [0.5, 0.6) is 0 Å². The summed E-state index contributed by atoms with van der Waals surface area (Å²) >= 11 is 0. The zero-order valence-electron chi connectivity index (χ0n) is 13.4. The molecular formula is C16H25N5. The molecule has 0 amide bonds. The lowest BCUT2D eigenvalue weighted by molar-refractivity contribution is 0.579. The van der Waals surface area contributed by atoms with E-state index >= 15 is 0 Å². The van der Waals surface area contributed by atoms with Gasteiger partial charge in [0.15, 0.2) is 0 Å². The second-order valence-electron chi connectivity index (χ2n) is 5.77. The maximum atomic E-state index is 4.18. The maximum Gasteiger partial charge on any atom is 0.0964 e. The molecule has 1 heterocycles. The van der Waals surface area contributed by atoms with E-state index in [0.29, 0.717) is 6.04 Å². The molecule has 1 aromatic carbocycles. The third-order valence-electron chi connectivity index (χ3n) is 3.42. The topological polar surface area (TPSA) is 46.0 Å². The normalized spacial score (nSPS) is 11.1. The molecule has 1 N–H and O–H groups in total. The Hall–Kier alpha value is -1.88. The largest absolute Gasteiger partial charge is 0.373 e. The van der Waals surface area contributed by atoms with Crippen molar-refractivity contribution in [1.29, 1.82) is 0 Å². The Morgan fingerprint density at radius 2 is 1.95 bits per heavy atom. The van der Waals surface area contributed by atoms with E-state index in [2.05, 4.69) is 72.6 Å².